The second-order valence-electron chi connectivity index (χ2n) is 4.74. The van der Waals surface area contributed by atoms with Gasteiger partial charge in [-0.2, -0.15) is 8.78 Å². The first-order valence-electron chi connectivity index (χ1n) is 6.79. The minimum atomic E-state index is -2.92. The minimum absolute atomic E-state index is 0.00452. The van der Waals surface area contributed by atoms with Gasteiger partial charge in [0.05, 0.1) is 12.2 Å². The summed E-state index contributed by atoms with van der Waals surface area (Å²) in [6.45, 7) is -1.12. The van der Waals surface area contributed by atoms with Crippen molar-refractivity contribution >= 4 is 33.2 Å². The molecule has 0 atom stereocenters. The number of halogens is 3. The first kappa shape index (κ1) is 17.2. The van der Waals surface area contributed by atoms with Crippen LogP contribution in [0.25, 0.3) is 0 Å². The quantitative estimate of drug-likeness (QED) is 0.775. The number of anilines is 2. The average molecular weight is 385 g/mol. The van der Waals surface area contributed by atoms with Crippen molar-refractivity contribution in [1.29, 1.82) is 0 Å². The number of carbonyl (C=O) groups excluding carboxylic acids is 1. The molecule has 1 amide bonds. The number of amides is 1. The van der Waals surface area contributed by atoms with Crippen molar-refractivity contribution in [3.05, 3.63) is 52.5 Å². The van der Waals surface area contributed by atoms with E-state index in [1.54, 1.807) is 24.3 Å². The second-order valence-corrected chi connectivity index (χ2v) is 5.65. The summed E-state index contributed by atoms with van der Waals surface area (Å²) in [5.41, 5.74) is 1.93. The molecule has 2 N–H and O–H groups in total. The summed E-state index contributed by atoms with van der Waals surface area (Å²) >= 11 is 3.35. The third-order valence-electron chi connectivity index (χ3n) is 3.01. The molecule has 0 saturated carbocycles. The molecule has 0 saturated heterocycles. The fourth-order valence-electron chi connectivity index (χ4n) is 1.95. The van der Waals surface area contributed by atoms with E-state index in [-0.39, 0.29) is 18.2 Å². The van der Waals surface area contributed by atoms with E-state index in [0.717, 1.165) is 10.0 Å². The minimum Gasteiger partial charge on any atom is -0.433 e. The highest BCUT2D eigenvalue weighted by Crippen LogP contribution is 2.25. The van der Waals surface area contributed by atoms with E-state index in [2.05, 4.69) is 31.3 Å². The predicted molar refractivity (Wildman–Crippen MR) is 89.1 cm³/mol. The fourth-order valence-corrected chi connectivity index (χ4v) is 2.42. The topological polar surface area (TPSA) is 50.4 Å². The SMILES string of the molecule is Cc1cc(Br)ccc1NC(=O)CNc1ccccc1OC(F)F. The molecule has 23 heavy (non-hydrogen) atoms. The zero-order chi connectivity index (χ0) is 16.8. The van der Waals surface area contributed by atoms with Gasteiger partial charge in [-0.1, -0.05) is 28.1 Å². The van der Waals surface area contributed by atoms with E-state index in [1.165, 1.54) is 6.07 Å². The largest absolute Gasteiger partial charge is 0.433 e. The number of carbonyl (C=O) groups is 1. The molecular weight excluding hydrogens is 370 g/mol. The molecule has 0 bridgehead atoms. The molecule has 0 spiro atoms. The predicted octanol–water partition coefficient (Wildman–Crippen LogP) is 4.41. The van der Waals surface area contributed by atoms with Crippen LogP contribution in [0.2, 0.25) is 0 Å². The third-order valence-corrected chi connectivity index (χ3v) is 3.50. The van der Waals surface area contributed by atoms with Crippen LogP contribution in [0.4, 0.5) is 20.2 Å². The molecule has 122 valence electrons. The Balaban J connectivity index is 1.97. The number of nitrogens with one attached hydrogen (secondary N) is 2. The van der Waals surface area contributed by atoms with Crippen LogP contribution in [0.3, 0.4) is 0 Å². The Labute approximate surface area is 141 Å². The van der Waals surface area contributed by atoms with Gasteiger partial charge in [-0.15, -0.1) is 0 Å². The Morgan fingerprint density at radius 1 is 1.22 bits per heavy atom. The van der Waals surface area contributed by atoms with Crippen molar-refractivity contribution in [1.82, 2.24) is 0 Å². The maximum Gasteiger partial charge on any atom is 0.387 e. The van der Waals surface area contributed by atoms with Crippen LogP contribution in [0, 0.1) is 6.92 Å². The summed E-state index contributed by atoms with van der Waals surface area (Å²) in [4.78, 5) is 12.0. The summed E-state index contributed by atoms with van der Waals surface area (Å²) in [5.74, 6) is -0.294. The number of hydrogen-bond acceptors (Lipinski definition) is 3. The van der Waals surface area contributed by atoms with Gasteiger partial charge < -0.3 is 15.4 Å². The highest BCUT2D eigenvalue weighted by Gasteiger charge is 2.10. The Morgan fingerprint density at radius 3 is 2.65 bits per heavy atom. The molecule has 2 rings (SSSR count). The van der Waals surface area contributed by atoms with E-state index in [9.17, 15) is 13.6 Å². The molecule has 0 unspecified atom stereocenters. The average Bonchev–Trinajstić information content (AvgIpc) is 2.49. The summed E-state index contributed by atoms with van der Waals surface area (Å²) in [6, 6.07) is 11.7. The number of rotatable bonds is 6. The fraction of sp³-hybridized carbons (Fsp3) is 0.188. The van der Waals surface area contributed by atoms with Crippen molar-refractivity contribution < 1.29 is 18.3 Å². The number of alkyl halides is 2. The van der Waals surface area contributed by atoms with E-state index in [1.807, 2.05) is 19.1 Å². The van der Waals surface area contributed by atoms with Crippen LogP contribution in [-0.2, 0) is 4.79 Å². The van der Waals surface area contributed by atoms with Crippen LogP contribution >= 0.6 is 15.9 Å². The zero-order valence-electron chi connectivity index (χ0n) is 12.3. The van der Waals surface area contributed by atoms with Crippen LogP contribution in [-0.4, -0.2) is 19.1 Å². The Kier molecular flexibility index (Phi) is 5.92. The van der Waals surface area contributed by atoms with Crippen molar-refractivity contribution in [3.8, 4) is 5.75 Å². The highest BCUT2D eigenvalue weighted by molar-refractivity contribution is 9.10. The third kappa shape index (κ3) is 5.21. The zero-order valence-corrected chi connectivity index (χ0v) is 13.9. The second kappa shape index (κ2) is 7.92. The van der Waals surface area contributed by atoms with Crippen molar-refractivity contribution in [2.45, 2.75) is 13.5 Å². The molecule has 0 aliphatic heterocycles. The summed E-state index contributed by atoms with van der Waals surface area (Å²) in [5, 5.41) is 5.55. The van der Waals surface area contributed by atoms with Crippen molar-refractivity contribution in [2.24, 2.45) is 0 Å². The molecule has 7 heteroatoms. The molecule has 0 aliphatic carbocycles. The smallest absolute Gasteiger partial charge is 0.387 e. The molecule has 2 aromatic carbocycles. The molecule has 4 nitrogen and oxygen atoms in total. The van der Waals surface area contributed by atoms with Crippen molar-refractivity contribution in [3.63, 3.8) is 0 Å². The van der Waals surface area contributed by atoms with E-state index >= 15 is 0 Å². The molecule has 0 radical (unpaired) electrons. The first-order chi connectivity index (χ1) is 11.0. The number of benzene rings is 2. The lowest BCUT2D eigenvalue weighted by molar-refractivity contribution is -0.114. The highest BCUT2D eigenvalue weighted by atomic mass is 79.9. The maximum atomic E-state index is 12.3. The number of ether oxygens (including phenoxy) is 1. The summed E-state index contributed by atoms with van der Waals surface area (Å²) < 4.78 is 30.0. The molecule has 2 aromatic rings. The van der Waals surface area contributed by atoms with Gasteiger partial charge in [0.15, 0.2) is 0 Å². The Morgan fingerprint density at radius 2 is 1.96 bits per heavy atom. The van der Waals surface area contributed by atoms with Gasteiger partial charge >= 0.3 is 6.61 Å². The van der Waals surface area contributed by atoms with Crippen LogP contribution < -0.4 is 15.4 Å². The van der Waals surface area contributed by atoms with Crippen LogP contribution in [0.5, 0.6) is 5.75 Å². The lowest BCUT2D eigenvalue weighted by atomic mass is 10.2. The maximum absolute atomic E-state index is 12.3. The van der Waals surface area contributed by atoms with Crippen LogP contribution in [0.1, 0.15) is 5.56 Å². The van der Waals surface area contributed by atoms with Gasteiger partial charge in [-0.05, 0) is 42.8 Å². The lowest BCUT2D eigenvalue weighted by Crippen LogP contribution is -2.22. The van der Waals surface area contributed by atoms with E-state index < -0.39 is 6.61 Å². The Hall–Kier alpha value is -2.15. The molecular formula is C16H15BrF2N2O2. The van der Waals surface area contributed by atoms with E-state index in [0.29, 0.717) is 11.4 Å². The molecule has 0 aromatic heterocycles. The van der Waals surface area contributed by atoms with Crippen LogP contribution in [0.15, 0.2) is 46.9 Å². The number of aryl methyl sites for hydroxylation is 1. The van der Waals surface area contributed by atoms with Gasteiger partial charge in [0.1, 0.15) is 5.75 Å². The molecule has 0 heterocycles. The van der Waals surface area contributed by atoms with Gasteiger partial charge in [-0.3, -0.25) is 4.79 Å². The van der Waals surface area contributed by atoms with E-state index in [4.69, 9.17) is 0 Å². The van der Waals surface area contributed by atoms with Gasteiger partial charge in [0.25, 0.3) is 0 Å². The van der Waals surface area contributed by atoms with Gasteiger partial charge in [-0.25, -0.2) is 0 Å². The molecule has 0 aliphatic rings. The van der Waals surface area contributed by atoms with Gasteiger partial charge in [0.2, 0.25) is 5.91 Å². The number of hydrogen-bond donors (Lipinski definition) is 2. The number of para-hydroxylation sites is 2. The summed E-state index contributed by atoms with van der Waals surface area (Å²) in [6.07, 6.45) is 0. The van der Waals surface area contributed by atoms with Gasteiger partial charge in [0, 0.05) is 10.2 Å². The normalized spacial score (nSPS) is 10.5. The first-order valence-corrected chi connectivity index (χ1v) is 7.58. The van der Waals surface area contributed by atoms with Crippen molar-refractivity contribution in [2.75, 3.05) is 17.2 Å². The standard InChI is InChI=1S/C16H15BrF2N2O2/c1-10-8-11(17)6-7-12(10)21-15(22)9-20-13-4-2-3-5-14(13)23-16(18)19/h2-8,16,20H,9H2,1H3,(H,21,22). The molecule has 0 fully saturated rings. The summed E-state index contributed by atoms with van der Waals surface area (Å²) in [7, 11) is 0. The lowest BCUT2D eigenvalue weighted by Gasteiger charge is -2.13. The Bertz CT molecular complexity index is 696. The monoisotopic (exact) mass is 384 g/mol.